The molecule has 1 aliphatic rings. The smallest absolute Gasteiger partial charge is 0.331 e. The average Bonchev–Trinajstić information content (AvgIpc) is 3.72. The van der Waals surface area contributed by atoms with Gasteiger partial charge in [0.15, 0.2) is 38.2 Å². The van der Waals surface area contributed by atoms with E-state index in [1.165, 1.54) is 25.1 Å². The SMILES string of the molecule is CC(C)(C)[Si](C)(C)OC[C@H]1O[C@@H](n2cnc3c(N)ncnc32)[C@H](OC(=O)/C=C/c2ccccc2)[C@@H]1OC(=S)n1ccnc1. The third-order valence-corrected chi connectivity index (χ3v) is 12.6. The Balaban J connectivity index is 1.51. The van der Waals surface area contributed by atoms with Gasteiger partial charge in [-0.3, -0.25) is 9.13 Å². The van der Waals surface area contributed by atoms with E-state index in [-0.39, 0.29) is 22.6 Å². The summed E-state index contributed by atoms with van der Waals surface area (Å²) >= 11 is 5.60. The molecule has 4 heterocycles. The number of anilines is 1. The molecule has 0 aliphatic carbocycles. The zero-order chi connectivity index (χ0) is 30.8. The first-order valence-corrected chi connectivity index (χ1v) is 17.1. The second-order valence-corrected chi connectivity index (χ2v) is 16.8. The minimum absolute atomic E-state index is 0.0451. The summed E-state index contributed by atoms with van der Waals surface area (Å²) in [5.41, 5.74) is 7.72. The molecule has 1 aliphatic heterocycles. The summed E-state index contributed by atoms with van der Waals surface area (Å²) in [6.07, 6.45) is 7.32. The molecule has 5 rings (SSSR count). The van der Waals surface area contributed by atoms with Gasteiger partial charge in [-0.05, 0) is 42.0 Å². The summed E-state index contributed by atoms with van der Waals surface area (Å²) in [6, 6.07) is 9.45. The molecule has 1 saturated heterocycles. The van der Waals surface area contributed by atoms with Gasteiger partial charge in [-0.25, -0.2) is 24.7 Å². The number of carbonyl (C=O) groups is 1. The van der Waals surface area contributed by atoms with Crippen molar-refractivity contribution in [3.63, 3.8) is 0 Å². The van der Waals surface area contributed by atoms with E-state index in [2.05, 4.69) is 53.8 Å². The topological polar surface area (TPSA) is 141 Å². The Labute approximate surface area is 256 Å². The number of hydrogen-bond donors (Lipinski definition) is 1. The predicted octanol–water partition coefficient (Wildman–Crippen LogP) is 4.37. The minimum Gasteiger partial charge on any atom is -0.460 e. The molecule has 0 amide bonds. The number of esters is 1. The summed E-state index contributed by atoms with van der Waals surface area (Å²) in [5.74, 6) is -0.373. The van der Waals surface area contributed by atoms with E-state index in [4.69, 9.17) is 36.6 Å². The highest BCUT2D eigenvalue weighted by molar-refractivity contribution is 7.80. The highest BCUT2D eigenvalue weighted by Gasteiger charge is 2.52. The molecule has 0 radical (unpaired) electrons. The Morgan fingerprint density at radius 3 is 2.58 bits per heavy atom. The molecule has 2 N–H and O–H groups in total. The summed E-state index contributed by atoms with van der Waals surface area (Å²) in [5, 5.41) is 0.0725. The molecule has 3 aromatic heterocycles. The predicted molar refractivity (Wildman–Crippen MR) is 167 cm³/mol. The van der Waals surface area contributed by atoms with E-state index >= 15 is 0 Å². The lowest BCUT2D eigenvalue weighted by molar-refractivity contribution is -0.151. The monoisotopic (exact) mass is 621 g/mol. The van der Waals surface area contributed by atoms with Crippen molar-refractivity contribution in [1.29, 1.82) is 0 Å². The van der Waals surface area contributed by atoms with Crippen LogP contribution in [0.5, 0.6) is 0 Å². The third kappa shape index (κ3) is 6.67. The van der Waals surface area contributed by atoms with Crippen molar-refractivity contribution >= 4 is 54.7 Å². The molecule has 14 heteroatoms. The van der Waals surface area contributed by atoms with Crippen LogP contribution in [0.25, 0.3) is 17.2 Å². The Morgan fingerprint density at radius 1 is 1.12 bits per heavy atom. The summed E-state index contributed by atoms with van der Waals surface area (Å²) in [6.45, 7) is 11.0. The molecule has 0 saturated carbocycles. The molecule has 1 fully saturated rings. The third-order valence-electron chi connectivity index (χ3n) is 7.78. The molecule has 1 aromatic carbocycles. The molecule has 12 nitrogen and oxygen atoms in total. The van der Waals surface area contributed by atoms with Crippen LogP contribution in [0.1, 0.15) is 32.6 Å². The zero-order valence-corrected chi connectivity index (χ0v) is 26.5. The van der Waals surface area contributed by atoms with Crippen LogP contribution in [-0.2, 0) is 23.4 Å². The van der Waals surface area contributed by atoms with Gasteiger partial charge in [0, 0.05) is 18.5 Å². The number of fused-ring (bicyclic) bond motifs is 1. The summed E-state index contributed by atoms with van der Waals surface area (Å²) < 4.78 is 28.8. The van der Waals surface area contributed by atoms with E-state index in [0.29, 0.717) is 11.2 Å². The molecule has 226 valence electrons. The van der Waals surface area contributed by atoms with Gasteiger partial charge in [-0.15, -0.1) is 0 Å². The maximum absolute atomic E-state index is 13.3. The van der Waals surface area contributed by atoms with Crippen LogP contribution in [0.2, 0.25) is 18.1 Å². The Hall–Kier alpha value is -3.98. The summed E-state index contributed by atoms with van der Waals surface area (Å²) in [7, 11) is -2.20. The van der Waals surface area contributed by atoms with Gasteiger partial charge < -0.3 is 24.4 Å². The molecular formula is C29H35N7O5SSi. The van der Waals surface area contributed by atoms with Gasteiger partial charge in [-0.2, -0.15) is 0 Å². The number of benzene rings is 1. The highest BCUT2D eigenvalue weighted by atomic mass is 32.1. The number of ether oxygens (including phenoxy) is 3. The van der Waals surface area contributed by atoms with Crippen LogP contribution in [0, 0.1) is 0 Å². The number of nitrogens with two attached hydrogens (primary N) is 1. The van der Waals surface area contributed by atoms with Gasteiger partial charge in [0.05, 0.1) is 12.9 Å². The van der Waals surface area contributed by atoms with Gasteiger partial charge in [-0.1, -0.05) is 51.1 Å². The van der Waals surface area contributed by atoms with E-state index in [9.17, 15) is 4.79 Å². The number of nitrogens with zero attached hydrogens (tertiary/aromatic N) is 6. The quantitative estimate of drug-likeness (QED) is 0.130. The standard InChI is InChI=1S/C29H35N7O5SSi/c1-29(2,3)43(4,5)38-15-20-23(41-28(42)35-14-13-31-17-35)24(40-21(37)12-11-19-9-7-6-8-10-19)27(39-20)36-18-34-22-25(30)32-16-33-26(22)36/h6-14,16-18,20,23-24,27H,15H2,1-5H3,(H2,30,32,33)/b12-11+/t20-,23-,24-,27-/m1/s1. The highest BCUT2D eigenvalue weighted by Crippen LogP contribution is 2.40. The number of nitrogen functional groups attached to an aromatic ring is 1. The van der Waals surface area contributed by atoms with E-state index in [1.807, 2.05) is 30.3 Å². The van der Waals surface area contributed by atoms with E-state index < -0.39 is 38.8 Å². The van der Waals surface area contributed by atoms with E-state index in [0.717, 1.165) is 5.56 Å². The van der Waals surface area contributed by atoms with Crippen molar-refractivity contribution in [3.05, 3.63) is 73.3 Å². The molecule has 4 atom stereocenters. The van der Waals surface area contributed by atoms with Gasteiger partial charge in [0.1, 0.15) is 24.3 Å². The normalized spacial score (nSPS) is 21.0. The fraction of sp³-hybridized carbons (Fsp3) is 0.379. The fourth-order valence-electron chi connectivity index (χ4n) is 4.34. The Bertz CT molecular complexity index is 1600. The van der Waals surface area contributed by atoms with Crippen molar-refractivity contribution in [2.75, 3.05) is 12.3 Å². The number of thiocarbonyl (C=S) groups is 1. The van der Waals surface area contributed by atoms with Crippen LogP contribution in [0.15, 0.2) is 67.8 Å². The Kier molecular flexibility index (Phi) is 8.73. The van der Waals surface area contributed by atoms with Gasteiger partial charge in [0.25, 0.3) is 5.17 Å². The first-order chi connectivity index (χ1) is 20.4. The molecular weight excluding hydrogens is 587 g/mol. The maximum atomic E-state index is 13.3. The van der Waals surface area contributed by atoms with Crippen LogP contribution in [0.4, 0.5) is 5.82 Å². The summed E-state index contributed by atoms with van der Waals surface area (Å²) in [4.78, 5) is 30.1. The minimum atomic E-state index is -2.20. The largest absolute Gasteiger partial charge is 0.460 e. The lowest BCUT2D eigenvalue weighted by Crippen LogP contribution is -2.46. The van der Waals surface area contributed by atoms with Gasteiger partial charge >= 0.3 is 5.97 Å². The van der Waals surface area contributed by atoms with Crippen molar-refractivity contribution < 1.29 is 23.4 Å². The zero-order valence-electron chi connectivity index (χ0n) is 24.7. The number of aromatic nitrogens is 6. The van der Waals surface area contributed by atoms with Crippen LogP contribution in [0.3, 0.4) is 0 Å². The molecule has 0 bridgehead atoms. The van der Waals surface area contributed by atoms with Crippen molar-refractivity contribution in [2.45, 2.75) is 63.4 Å². The van der Waals surface area contributed by atoms with Crippen LogP contribution < -0.4 is 5.73 Å². The Morgan fingerprint density at radius 2 is 1.88 bits per heavy atom. The van der Waals surface area contributed by atoms with Crippen molar-refractivity contribution in [3.8, 4) is 0 Å². The van der Waals surface area contributed by atoms with Crippen molar-refractivity contribution in [1.82, 2.24) is 29.1 Å². The molecule has 4 aromatic rings. The van der Waals surface area contributed by atoms with E-state index in [1.54, 1.807) is 27.6 Å². The lowest BCUT2D eigenvalue weighted by Gasteiger charge is -2.37. The van der Waals surface area contributed by atoms with Crippen LogP contribution in [-0.4, -0.2) is 73.5 Å². The first kappa shape index (κ1) is 30.5. The second kappa shape index (κ2) is 12.3. The van der Waals surface area contributed by atoms with Crippen molar-refractivity contribution in [2.24, 2.45) is 0 Å². The first-order valence-electron chi connectivity index (χ1n) is 13.8. The van der Waals surface area contributed by atoms with Crippen LogP contribution >= 0.6 is 12.2 Å². The molecule has 0 unspecified atom stereocenters. The number of carbonyl (C=O) groups excluding carboxylic acids is 1. The fourth-order valence-corrected chi connectivity index (χ4v) is 5.58. The van der Waals surface area contributed by atoms with Gasteiger partial charge in [0.2, 0.25) is 0 Å². The second-order valence-electron chi connectivity index (χ2n) is 11.7. The number of imidazole rings is 2. The maximum Gasteiger partial charge on any atom is 0.331 e. The number of hydrogen-bond acceptors (Lipinski definition) is 11. The molecule has 0 spiro atoms. The lowest BCUT2D eigenvalue weighted by atomic mass is 10.1. The average molecular weight is 622 g/mol. The number of rotatable bonds is 8. The molecule has 43 heavy (non-hydrogen) atoms.